The Kier molecular flexibility index (Phi) is 7.96. The van der Waals surface area contributed by atoms with Crippen molar-refractivity contribution in [2.45, 2.75) is 39.0 Å². The van der Waals surface area contributed by atoms with Crippen LogP contribution in [0.15, 0.2) is 48.5 Å². The van der Waals surface area contributed by atoms with Crippen molar-refractivity contribution >= 4 is 12.2 Å². The first-order valence-electron chi connectivity index (χ1n) is 8.87. The number of methoxy groups -OCH3 is 1. The van der Waals surface area contributed by atoms with Crippen LogP contribution in [0, 0.1) is 0 Å². The van der Waals surface area contributed by atoms with Gasteiger partial charge in [-0.1, -0.05) is 69.0 Å². The van der Waals surface area contributed by atoms with Gasteiger partial charge >= 0.3 is 0 Å². The van der Waals surface area contributed by atoms with Crippen molar-refractivity contribution in [3.8, 4) is 11.5 Å². The van der Waals surface area contributed by atoms with E-state index < -0.39 is 0 Å². The monoisotopic (exact) mass is 324 g/mol. The molecule has 2 aromatic carbocycles. The summed E-state index contributed by atoms with van der Waals surface area (Å²) < 4.78 is 11.0. The quantitative estimate of drug-likeness (QED) is 0.382. The highest BCUT2D eigenvalue weighted by Gasteiger charge is 1.95. The van der Waals surface area contributed by atoms with Crippen molar-refractivity contribution in [1.82, 2.24) is 0 Å². The van der Waals surface area contributed by atoms with Crippen molar-refractivity contribution in [1.29, 1.82) is 0 Å². The SMILES string of the molecule is CCCCCCCOc1ccc(C=Cc2ccc(OC)cc2)cc1. The lowest BCUT2D eigenvalue weighted by atomic mass is 10.1. The maximum Gasteiger partial charge on any atom is 0.119 e. The van der Waals surface area contributed by atoms with Crippen molar-refractivity contribution < 1.29 is 9.47 Å². The van der Waals surface area contributed by atoms with E-state index in [4.69, 9.17) is 9.47 Å². The smallest absolute Gasteiger partial charge is 0.119 e. The van der Waals surface area contributed by atoms with E-state index in [0.717, 1.165) is 30.1 Å². The molecule has 128 valence electrons. The summed E-state index contributed by atoms with van der Waals surface area (Å²) in [6.07, 6.45) is 10.5. The van der Waals surface area contributed by atoms with E-state index in [1.54, 1.807) is 7.11 Å². The van der Waals surface area contributed by atoms with Gasteiger partial charge in [0.1, 0.15) is 11.5 Å². The first-order chi connectivity index (χ1) is 11.8. The Labute approximate surface area is 146 Å². The number of unbranched alkanes of at least 4 members (excludes halogenated alkanes) is 4. The summed E-state index contributed by atoms with van der Waals surface area (Å²) in [5, 5.41) is 0. The summed E-state index contributed by atoms with van der Waals surface area (Å²) in [5.74, 6) is 1.83. The van der Waals surface area contributed by atoms with E-state index in [9.17, 15) is 0 Å². The molecular formula is C22H28O2. The molecule has 0 radical (unpaired) electrons. The summed E-state index contributed by atoms with van der Waals surface area (Å²) in [7, 11) is 1.68. The van der Waals surface area contributed by atoms with Gasteiger partial charge in [-0.05, 0) is 41.8 Å². The second-order valence-corrected chi connectivity index (χ2v) is 5.94. The fourth-order valence-corrected chi connectivity index (χ4v) is 2.48. The zero-order valence-electron chi connectivity index (χ0n) is 14.8. The molecular weight excluding hydrogens is 296 g/mol. The number of ether oxygens (including phenoxy) is 2. The molecule has 0 fully saturated rings. The molecule has 0 atom stereocenters. The van der Waals surface area contributed by atoms with Crippen molar-refractivity contribution in [3.05, 3.63) is 59.7 Å². The first-order valence-corrected chi connectivity index (χ1v) is 8.87. The van der Waals surface area contributed by atoms with Crippen molar-refractivity contribution in [3.63, 3.8) is 0 Å². The van der Waals surface area contributed by atoms with Gasteiger partial charge in [0.15, 0.2) is 0 Å². The summed E-state index contributed by atoms with van der Waals surface area (Å²) in [5.41, 5.74) is 2.32. The molecule has 0 saturated heterocycles. The van der Waals surface area contributed by atoms with Crippen molar-refractivity contribution in [2.24, 2.45) is 0 Å². The largest absolute Gasteiger partial charge is 0.497 e. The zero-order valence-corrected chi connectivity index (χ0v) is 14.8. The maximum atomic E-state index is 5.79. The molecule has 0 aliphatic heterocycles. The molecule has 2 rings (SSSR count). The number of benzene rings is 2. The van der Waals surface area contributed by atoms with E-state index in [0.29, 0.717) is 0 Å². The molecule has 0 aliphatic carbocycles. The van der Waals surface area contributed by atoms with Gasteiger partial charge in [0.2, 0.25) is 0 Å². The number of rotatable bonds is 10. The lowest BCUT2D eigenvalue weighted by molar-refractivity contribution is 0.304. The van der Waals surface area contributed by atoms with Crippen LogP contribution in [0.25, 0.3) is 12.2 Å². The molecule has 0 bridgehead atoms. The second-order valence-electron chi connectivity index (χ2n) is 5.94. The highest BCUT2D eigenvalue weighted by molar-refractivity contribution is 5.70. The Hall–Kier alpha value is -2.22. The van der Waals surface area contributed by atoms with Gasteiger partial charge in [-0.2, -0.15) is 0 Å². The van der Waals surface area contributed by atoms with Gasteiger partial charge < -0.3 is 9.47 Å². The Balaban J connectivity index is 1.77. The first kappa shape index (κ1) is 18.1. The summed E-state index contributed by atoms with van der Waals surface area (Å²) in [6.45, 7) is 3.05. The van der Waals surface area contributed by atoms with Crippen LogP contribution >= 0.6 is 0 Å². The molecule has 0 aromatic heterocycles. The van der Waals surface area contributed by atoms with E-state index in [-0.39, 0.29) is 0 Å². The highest BCUT2D eigenvalue weighted by atomic mass is 16.5. The fourth-order valence-electron chi connectivity index (χ4n) is 2.48. The Morgan fingerprint density at radius 3 is 1.79 bits per heavy atom. The second kappa shape index (κ2) is 10.5. The third-order valence-electron chi connectivity index (χ3n) is 3.98. The van der Waals surface area contributed by atoms with E-state index >= 15 is 0 Å². The Morgan fingerprint density at radius 2 is 1.25 bits per heavy atom. The molecule has 2 nitrogen and oxygen atoms in total. The van der Waals surface area contributed by atoms with E-state index in [1.807, 2.05) is 36.4 Å². The Morgan fingerprint density at radius 1 is 0.708 bits per heavy atom. The molecule has 0 N–H and O–H groups in total. The minimum Gasteiger partial charge on any atom is -0.497 e. The number of hydrogen-bond donors (Lipinski definition) is 0. The minimum absolute atomic E-state index is 0.810. The van der Waals surface area contributed by atoms with Crippen LogP contribution in [-0.4, -0.2) is 13.7 Å². The minimum atomic E-state index is 0.810. The van der Waals surface area contributed by atoms with E-state index in [1.165, 1.54) is 31.2 Å². The van der Waals surface area contributed by atoms with Crippen LogP contribution in [0.1, 0.15) is 50.2 Å². The van der Waals surface area contributed by atoms with Gasteiger partial charge in [0.25, 0.3) is 0 Å². The third-order valence-corrected chi connectivity index (χ3v) is 3.98. The van der Waals surface area contributed by atoms with Crippen LogP contribution in [0.5, 0.6) is 11.5 Å². The van der Waals surface area contributed by atoms with Crippen LogP contribution < -0.4 is 9.47 Å². The predicted octanol–water partition coefficient (Wildman–Crippen LogP) is 6.21. The fraction of sp³-hybridized carbons (Fsp3) is 0.364. The Bertz CT molecular complexity index is 597. The molecule has 0 aliphatic rings. The van der Waals surface area contributed by atoms with Crippen LogP contribution in [-0.2, 0) is 0 Å². The van der Waals surface area contributed by atoms with Gasteiger partial charge in [-0.25, -0.2) is 0 Å². The molecule has 0 amide bonds. The summed E-state index contributed by atoms with van der Waals surface area (Å²) in [4.78, 5) is 0. The van der Waals surface area contributed by atoms with E-state index in [2.05, 4.69) is 31.2 Å². The average Bonchev–Trinajstić information content (AvgIpc) is 2.64. The van der Waals surface area contributed by atoms with Gasteiger partial charge in [0, 0.05) is 0 Å². The standard InChI is InChI=1S/C22H28O2/c1-3-4-5-6-7-18-24-22-16-12-20(13-17-22)9-8-19-10-14-21(23-2)15-11-19/h8-17H,3-7,18H2,1-2H3. The maximum absolute atomic E-state index is 5.79. The van der Waals surface area contributed by atoms with Gasteiger partial charge in [0.05, 0.1) is 13.7 Å². The molecule has 0 unspecified atom stereocenters. The topological polar surface area (TPSA) is 18.5 Å². The van der Waals surface area contributed by atoms with Crippen molar-refractivity contribution in [2.75, 3.05) is 13.7 Å². The normalized spacial score (nSPS) is 10.9. The lowest BCUT2D eigenvalue weighted by Gasteiger charge is -2.06. The van der Waals surface area contributed by atoms with Crippen LogP contribution in [0.4, 0.5) is 0 Å². The van der Waals surface area contributed by atoms with Gasteiger partial charge in [-0.3, -0.25) is 0 Å². The summed E-state index contributed by atoms with van der Waals surface area (Å²) >= 11 is 0. The van der Waals surface area contributed by atoms with Gasteiger partial charge in [-0.15, -0.1) is 0 Å². The molecule has 24 heavy (non-hydrogen) atoms. The molecule has 0 spiro atoms. The highest BCUT2D eigenvalue weighted by Crippen LogP contribution is 2.17. The third kappa shape index (κ3) is 6.49. The predicted molar refractivity (Wildman–Crippen MR) is 103 cm³/mol. The van der Waals surface area contributed by atoms with Crippen LogP contribution in [0.2, 0.25) is 0 Å². The molecule has 0 saturated carbocycles. The lowest BCUT2D eigenvalue weighted by Crippen LogP contribution is -1.97. The average molecular weight is 324 g/mol. The molecule has 2 heteroatoms. The van der Waals surface area contributed by atoms with Crippen LogP contribution in [0.3, 0.4) is 0 Å². The molecule has 0 heterocycles. The number of hydrogen-bond acceptors (Lipinski definition) is 2. The summed E-state index contributed by atoms with van der Waals surface area (Å²) in [6, 6.07) is 16.3. The molecule has 2 aromatic rings. The zero-order chi connectivity index (χ0) is 17.0.